The lowest BCUT2D eigenvalue weighted by Crippen LogP contribution is -2.13. The molecule has 0 unspecified atom stereocenters. The minimum atomic E-state index is -0.434. The van der Waals surface area contributed by atoms with Crippen LogP contribution in [0.1, 0.15) is 28.9 Å². The first kappa shape index (κ1) is 19.9. The highest BCUT2D eigenvalue weighted by atomic mass is 35.5. The van der Waals surface area contributed by atoms with Crippen LogP contribution in [-0.4, -0.2) is 15.0 Å². The van der Waals surface area contributed by atoms with E-state index in [2.05, 4.69) is 15.0 Å². The van der Waals surface area contributed by atoms with Crippen molar-refractivity contribution in [2.45, 2.75) is 26.2 Å². The van der Waals surface area contributed by atoms with Crippen LogP contribution in [-0.2, 0) is 12.8 Å². The predicted molar refractivity (Wildman–Crippen MR) is 107 cm³/mol. The normalized spacial score (nSPS) is 10.5. The van der Waals surface area contributed by atoms with Crippen molar-refractivity contribution in [1.29, 1.82) is 5.26 Å². The van der Waals surface area contributed by atoms with Gasteiger partial charge in [-0.3, -0.25) is 4.79 Å². The molecule has 142 valence electrons. The average molecular weight is 415 g/mol. The third-order valence-electron chi connectivity index (χ3n) is 4.15. The largest absolute Gasteiger partial charge is 0.455 e. The predicted octanol–water partition coefficient (Wildman–Crippen LogP) is 4.62. The van der Waals surface area contributed by atoms with Crippen molar-refractivity contribution in [3.8, 4) is 17.6 Å². The van der Waals surface area contributed by atoms with Gasteiger partial charge in [-0.1, -0.05) is 23.2 Å². The Morgan fingerprint density at radius 3 is 2.79 bits per heavy atom. The second kappa shape index (κ2) is 8.87. The van der Waals surface area contributed by atoms with Gasteiger partial charge in [0.2, 0.25) is 0 Å². The zero-order chi connectivity index (χ0) is 20.1. The Labute approximate surface area is 171 Å². The topological polar surface area (TPSA) is 91.7 Å². The quantitative estimate of drug-likeness (QED) is 0.634. The van der Waals surface area contributed by atoms with Gasteiger partial charge in [0.25, 0.3) is 5.56 Å². The van der Waals surface area contributed by atoms with Gasteiger partial charge in [0, 0.05) is 28.2 Å². The molecule has 1 aromatic carbocycles. The fraction of sp³-hybridized carbons (Fsp3) is 0.200. The van der Waals surface area contributed by atoms with Crippen molar-refractivity contribution >= 4 is 23.2 Å². The number of ether oxygens (including phenoxy) is 1. The van der Waals surface area contributed by atoms with Gasteiger partial charge in [-0.2, -0.15) is 5.26 Å². The molecule has 8 heteroatoms. The summed E-state index contributed by atoms with van der Waals surface area (Å²) in [6.45, 7) is 1.79. The SMILES string of the molecule is Cc1[nH]c(=O)c(Cl)c(Oc2cc(Cl)cc(C#N)c2)c1CCCc1ccncn1. The highest BCUT2D eigenvalue weighted by molar-refractivity contribution is 6.32. The smallest absolute Gasteiger partial charge is 0.270 e. The Hall–Kier alpha value is -2.88. The molecule has 0 spiro atoms. The molecule has 0 aliphatic rings. The molecule has 1 N–H and O–H groups in total. The maximum absolute atomic E-state index is 12.1. The van der Waals surface area contributed by atoms with E-state index in [9.17, 15) is 4.79 Å². The number of rotatable bonds is 6. The molecular weight excluding hydrogens is 399 g/mol. The molecule has 28 heavy (non-hydrogen) atoms. The molecule has 0 amide bonds. The number of nitrogens with zero attached hydrogens (tertiary/aromatic N) is 3. The summed E-state index contributed by atoms with van der Waals surface area (Å²) in [4.78, 5) is 23.0. The van der Waals surface area contributed by atoms with E-state index in [0.717, 1.165) is 24.1 Å². The summed E-state index contributed by atoms with van der Waals surface area (Å²) in [5.41, 5.74) is 2.31. The molecule has 3 rings (SSSR count). The molecule has 3 aromatic rings. The van der Waals surface area contributed by atoms with E-state index in [1.165, 1.54) is 12.4 Å². The van der Waals surface area contributed by atoms with Crippen LogP contribution < -0.4 is 10.3 Å². The van der Waals surface area contributed by atoms with Gasteiger partial charge in [-0.15, -0.1) is 0 Å². The van der Waals surface area contributed by atoms with Crippen molar-refractivity contribution in [2.75, 3.05) is 0 Å². The zero-order valence-electron chi connectivity index (χ0n) is 15.0. The molecular formula is C20H16Cl2N4O2. The van der Waals surface area contributed by atoms with Gasteiger partial charge < -0.3 is 9.72 Å². The van der Waals surface area contributed by atoms with Gasteiger partial charge >= 0.3 is 0 Å². The van der Waals surface area contributed by atoms with Gasteiger partial charge in [-0.25, -0.2) is 9.97 Å². The first-order valence-corrected chi connectivity index (χ1v) is 9.28. The van der Waals surface area contributed by atoms with Crippen molar-refractivity contribution in [1.82, 2.24) is 15.0 Å². The van der Waals surface area contributed by atoms with Crippen molar-refractivity contribution in [2.24, 2.45) is 0 Å². The number of hydrogen-bond donors (Lipinski definition) is 1. The number of benzene rings is 1. The van der Waals surface area contributed by atoms with Crippen molar-refractivity contribution < 1.29 is 4.74 Å². The fourth-order valence-electron chi connectivity index (χ4n) is 2.83. The molecule has 0 saturated carbocycles. The molecule has 0 aliphatic carbocycles. The summed E-state index contributed by atoms with van der Waals surface area (Å²) in [7, 11) is 0. The average Bonchev–Trinajstić information content (AvgIpc) is 2.68. The number of nitrogens with one attached hydrogen (secondary N) is 1. The van der Waals surface area contributed by atoms with Crippen LogP contribution in [0.2, 0.25) is 10.0 Å². The lowest BCUT2D eigenvalue weighted by Gasteiger charge is -2.15. The van der Waals surface area contributed by atoms with Gasteiger partial charge in [-0.05, 0) is 50.5 Å². The molecule has 6 nitrogen and oxygen atoms in total. The van der Waals surface area contributed by atoms with E-state index in [1.807, 2.05) is 12.1 Å². The maximum atomic E-state index is 12.1. The Bertz CT molecular complexity index is 1090. The molecule has 0 radical (unpaired) electrons. The van der Waals surface area contributed by atoms with Crippen molar-refractivity contribution in [3.63, 3.8) is 0 Å². The highest BCUT2D eigenvalue weighted by Gasteiger charge is 2.17. The summed E-state index contributed by atoms with van der Waals surface area (Å²) in [5, 5.41) is 9.44. The molecule has 0 saturated heterocycles. The Kier molecular flexibility index (Phi) is 6.30. The maximum Gasteiger partial charge on any atom is 0.270 e. The molecule has 0 fully saturated rings. The standard InChI is InChI=1S/C20H16Cl2N4O2/c1-12-17(4-2-3-15-5-6-24-11-25-15)19(18(22)20(27)26-12)28-16-8-13(10-23)7-14(21)9-16/h5-9,11H,2-4H2,1H3,(H,26,27). The second-order valence-corrected chi connectivity index (χ2v) is 6.96. The summed E-state index contributed by atoms with van der Waals surface area (Å²) < 4.78 is 5.91. The number of nitriles is 1. The number of aryl methyl sites for hydroxylation is 2. The van der Waals surface area contributed by atoms with E-state index < -0.39 is 5.56 Å². The van der Waals surface area contributed by atoms with Crippen LogP contribution in [0.25, 0.3) is 0 Å². The lowest BCUT2D eigenvalue weighted by atomic mass is 10.0. The Balaban J connectivity index is 1.90. The fourth-order valence-corrected chi connectivity index (χ4v) is 3.26. The van der Waals surface area contributed by atoms with Crippen molar-refractivity contribution in [3.05, 3.63) is 79.7 Å². The Morgan fingerprint density at radius 2 is 2.07 bits per heavy atom. The number of H-pyrrole nitrogens is 1. The monoisotopic (exact) mass is 414 g/mol. The summed E-state index contributed by atoms with van der Waals surface area (Å²) >= 11 is 12.3. The number of hydrogen-bond acceptors (Lipinski definition) is 5. The van der Waals surface area contributed by atoms with Gasteiger partial charge in [0.05, 0.1) is 11.6 Å². The molecule has 0 aliphatic heterocycles. The van der Waals surface area contributed by atoms with E-state index >= 15 is 0 Å². The van der Waals surface area contributed by atoms with E-state index in [4.69, 9.17) is 33.2 Å². The third kappa shape index (κ3) is 4.69. The van der Waals surface area contributed by atoms with Crippen LogP contribution in [0.5, 0.6) is 11.5 Å². The zero-order valence-corrected chi connectivity index (χ0v) is 16.5. The van der Waals surface area contributed by atoms with Crippen LogP contribution in [0.3, 0.4) is 0 Å². The van der Waals surface area contributed by atoms with Crippen LogP contribution in [0.15, 0.2) is 41.6 Å². The van der Waals surface area contributed by atoms with Gasteiger partial charge in [0.15, 0.2) is 5.75 Å². The Morgan fingerprint density at radius 1 is 1.25 bits per heavy atom. The summed E-state index contributed by atoms with van der Waals surface area (Å²) in [6.07, 6.45) is 5.35. The minimum absolute atomic E-state index is 0.0406. The third-order valence-corrected chi connectivity index (χ3v) is 4.71. The second-order valence-electron chi connectivity index (χ2n) is 6.14. The number of aromatic nitrogens is 3. The molecule has 0 bridgehead atoms. The van der Waals surface area contributed by atoms with Gasteiger partial charge in [0.1, 0.15) is 17.1 Å². The molecule has 2 heterocycles. The van der Waals surface area contributed by atoms with Crippen LogP contribution in [0, 0.1) is 18.3 Å². The first-order valence-electron chi connectivity index (χ1n) is 8.52. The van der Waals surface area contributed by atoms with E-state index in [-0.39, 0.29) is 10.8 Å². The number of pyridine rings is 1. The molecule has 0 atom stereocenters. The lowest BCUT2D eigenvalue weighted by molar-refractivity contribution is 0.472. The highest BCUT2D eigenvalue weighted by Crippen LogP contribution is 2.34. The number of halogens is 2. The number of aromatic amines is 1. The first-order chi connectivity index (χ1) is 13.5. The van der Waals surface area contributed by atoms with E-state index in [1.54, 1.807) is 25.3 Å². The minimum Gasteiger partial charge on any atom is -0.455 e. The summed E-state index contributed by atoms with van der Waals surface area (Å²) in [6, 6.07) is 8.53. The summed E-state index contributed by atoms with van der Waals surface area (Å²) in [5.74, 6) is 0.616. The van der Waals surface area contributed by atoms with Crippen LogP contribution in [0.4, 0.5) is 0 Å². The van der Waals surface area contributed by atoms with E-state index in [0.29, 0.717) is 28.5 Å². The molecule has 2 aromatic heterocycles. The van der Waals surface area contributed by atoms with Crippen LogP contribution >= 0.6 is 23.2 Å².